The van der Waals surface area contributed by atoms with Crippen molar-refractivity contribution in [2.24, 2.45) is 0 Å². The maximum Gasteiger partial charge on any atom is 0.241 e. The Labute approximate surface area is 225 Å². The molecule has 4 rings (SSSR count). The number of anilines is 1. The second-order valence-electron chi connectivity index (χ2n) is 9.41. The molecule has 1 heterocycles. The average molecular weight is 538 g/mol. The summed E-state index contributed by atoms with van der Waals surface area (Å²) in [5, 5.41) is 0. The molecular formula is C29H35N3O5S. The number of nitrogens with one attached hydrogen (secondary N) is 1. The second kappa shape index (κ2) is 11.9. The first-order valence-electron chi connectivity index (χ1n) is 12.6. The molecule has 1 N–H and O–H groups in total. The van der Waals surface area contributed by atoms with Gasteiger partial charge in [0.25, 0.3) is 0 Å². The predicted molar refractivity (Wildman–Crippen MR) is 149 cm³/mol. The monoisotopic (exact) mass is 537 g/mol. The van der Waals surface area contributed by atoms with Crippen molar-refractivity contribution >= 4 is 21.6 Å². The van der Waals surface area contributed by atoms with Crippen LogP contribution in [0.15, 0.2) is 71.6 Å². The Morgan fingerprint density at radius 3 is 2.24 bits per heavy atom. The van der Waals surface area contributed by atoms with Crippen molar-refractivity contribution in [2.45, 2.75) is 31.2 Å². The maximum absolute atomic E-state index is 13.7. The van der Waals surface area contributed by atoms with Crippen LogP contribution in [-0.4, -0.2) is 65.7 Å². The standard InChI is InChI=1S/C29H35N3O5S/c1-21-9-8-12-26(22(21)2)31-15-17-32(18-16-31)29(33)25(19-23-10-6-5-7-11-23)30-38(34,35)24-13-14-27(36-3)28(20-24)37-4/h5-14,20,25,30H,15-19H2,1-4H3/t25-/m0/s1. The Morgan fingerprint density at radius 1 is 0.895 bits per heavy atom. The number of sulfonamides is 1. The first-order valence-corrected chi connectivity index (χ1v) is 14.1. The van der Waals surface area contributed by atoms with E-state index in [4.69, 9.17) is 9.47 Å². The number of amides is 1. The largest absolute Gasteiger partial charge is 0.493 e. The van der Waals surface area contributed by atoms with E-state index in [1.807, 2.05) is 36.4 Å². The third kappa shape index (κ3) is 6.11. The summed E-state index contributed by atoms with van der Waals surface area (Å²) in [6, 6.07) is 19.1. The average Bonchev–Trinajstić information content (AvgIpc) is 2.94. The number of hydrogen-bond donors (Lipinski definition) is 1. The van der Waals surface area contributed by atoms with Gasteiger partial charge in [0.1, 0.15) is 6.04 Å². The zero-order chi connectivity index (χ0) is 27.3. The molecule has 1 atom stereocenters. The molecular weight excluding hydrogens is 502 g/mol. The maximum atomic E-state index is 13.7. The topological polar surface area (TPSA) is 88.2 Å². The molecule has 202 valence electrons. The molecule has 0 aromatic heterocycles. The van der Waals surface area contributed by atoms with Crippen LogP contribution in [-0.2, 0) is 21.2 Å². The minimum Gasteiger partial charge on any atom is -0.493 e. The molecule has 1 aliphatic heterocycles. The lowest BCUT2D eigenvalue weighted by Gasteiger charge is -2.38. The van der Waals surface area contributed by atoms with E-state index in [2.05, 4.69) is 35.6 Å². The summed E-state index contributed by atoms with van der Waals surface area (Å²) < 4.78 is 40.0. The molecule has 0 aliphatic carbocycles. The van der Waals surface area contributed by atoms with Crippen LogP contribution in [0.1, 0.15) is 16.7 Å². The summed E-state index contributed by atoms with van der Waals surface area (Å²) in [6.07, 6.45) is 0.239. The van der Waals surface area contributed by atoms with Gasteiger partial charge in [-0.25, -0.2) is 8.42 Å². The number of aryl methyl sites for hydroxylation is 1. The number of rotatable bonds is 9. The molecule has 0 unspecified atom stereocenters. The Bertz CT molecular complexity index is 1370. The van der Waals surface area contributed by atoms with Crippen LogP contribution in [0, 0.1) is 13.8 Å². The van der Waals surface area contributed by atoms with Gasteiger partial charge in [0, 0.05) is 37.9 Å². The van der Waals surface area contributed by atoms with Gasteiger partial charge in [-0.3, -0.25) is 4.79 Å². The number of carbonyl (C=O) groups excluding carboxylic acids is 1. The highest BCUT2D eigenvalue weighted by atomic mass is 32.2. The van der Waals surface area contributed by atoms with Gasteiger partial charge in [0.05, 0.1) is 19.1 Å². The lowest BCUT2D eigenvalue weighted by molar-refractivity contribution is -0.133. The van der Waals surface area contributed by atoms with Crippen LogP contribution in [0.25, 0.3) is 0 Å². The van der Waals surface area contributed by atoms with Crippen molar-refractivity contribution in [1.82, 2.24) is 9.62 Å². The van der Waals surface area contributed by atoms with Crippen molar-refractivity contribution in [3.05, 3.63) is 83.4 Å². The minimum atomic E-state index is -4.03. The van der Waals surface area contributed by atoms with E-state index in [9.17, 15) is 13.2 Å². The van der Waals surface area contributed by atoms with E-state index in [-0.39, 0.29) is 17.2 Å². The SMILES string of the molecule is COc1ccc(S(=O)(=O)N[C@@H](Cc2ccccc2)C(=O)N2CCN(c3cccc(C)c3C)CC2)cc1OC. The van der Waals surface area contributed by atoms with Gasteiger partial charge < -0.3 is 19.3 Å². The number of hydrogen-bond acceptors (Lipinski definition) is 6. The zero-order valence-electron chi connectivity index (χ0n) is 22.3. The first kappa shape index (κ1) is 27.5. The van der Waals surface area contributed by atoms with Gasteiger partial charge in [-0.05, 0) is 55.2 Å². The number of nitrogens with zero attached hydrogens (tertiary/aromatic N) is 2. The highest BCUT2D eigenvalue weighted by Gasteiger charge is 2.32. The van der Waals surface area contributed by atoms with Gasteiger partial charge in [-0.1, -0.05) is 42.5 Å². The fraction of sp³-hybridized carbons (Fsp3) is 0.345. The number of carbonyl (C=O) groups is 1. The highest BCUT2D eigenvalue weighted by molar-refractivity contribution is 7.89. The van der Waals surface area contributed by atoms with Crippen LogP contribution >= 0.6 is 0 Å². The highest BCUT2D eigenvalue weighted by Crippen LogP contribution is 2.30. The predicted octanol–water partition coefficient (Wildman–Crippen LogP) is 3.56. The zero-order valence-corrected chi connectivity index (χ0v) is 23.1. The quantitative estimate of drug-likeness (QED) is 0.449. The molecule has 38 heavy (non-hydrogen) atoms. The molecule has 1 aliphatic rings. The summed E-state index contributed by atoms with van der Waals surface area (Å²) in [6.45, 7) is 6.58. The second-order valence-corrected chi connectivity index (χ2v) is 11.1. The van der Waals surface area contributed by atoms with Gasteiger partial charge in [0.15, 0.2) is 11.5 Å². The smallest absolute Gasteiger partial charge is 0.241 e. The summed E-state index contributed by atoms with van der Waals surface area (Å²) in [5.41, 5.74) is 4.51. The molecule has 1 saturated heterocycles. The third-order valence-corrected chi connectivity index (χ3v) is 8.52. The van der Waals surface area contributed by atoms with E-state index in [1.54, 1.807) is 4.90 Å². The van der Waals surface area contributed by atoms with Crippen LogP contribution in [0.3, 0.4) is 0 Å². The lowest BCUT2D eigenvalue weighted by atomic mass is 10.0. The first-order chi connectivity index (χ1) is 18.2. The molecule has 9 heteroatoms. The number of piperazine rings is 1. The van der Waals surface area contributed by atoms with Crippen molar-refractivity contribution in [3.8, 4) is 11.5 Å². The Morgan fingerprint density at radius 2 is 1.58 bits per heavy atom. The summed E-state index contributed by atoms with van der Waals surface area (Å²) in [5.74, 6) is 0.479. The van der Waals surface area contributed by atoms with E-state index in [0.29, 0.717) is 37.7 Å². The van der Waals surface area contributed by atoms with Crippen molar-refractivity contribution in [2.75, 3.05) is 45.3 Å². The summed E-state index contributed by atoms with van der Waals surface area (Å²) >= 11 is 0. The number of methoxy groups -OCH3 is 2. The fourth-order valence-electron chi connectivity index (χ4n) is 4.73. The van der Waals surface area contributed by atoms with Crippen LogP contribution in [0.4, 0.5) is 5.69 Å². The van der Waals surface area contributed by atoms with E-state index < -0.39 is 16.1 Å². The van der Waals surface area contributed by atoms with Crippen LogP contribution in [0.2, 0.25) is 0 Å². The molecule has 0 spiro atoms. The molecule has 3 aromatic rings. The molecule has 0 saturated carbocycles. The Hall–Kier alpha value is -3.56. The minimum absolute atomic E-state index is 0.000698. The lowest BCUT2D eigenvalue weighted by Crippen LogP contribution is -2.55. The molecule has 0 radical (unpaired) electrons. The van der Waals surface area contributed by atoms with Gasteiger partial charge in [-0.2, -0.15) is 4.72 Å². The van der Waals surface area contributed by atoms with Gasteiger partial charge >= 0.3 is 0 Å². The molecule has 1 amide bonds. The van der Waals surface area contributed by atoms with Crippen LogP contribution in [0.5, 0.6) is 11.5 Å². The molecule has 8 nitrogen and oxygen atoms in total. The molecule has 1 fully saturated rings. The molecule has 3 aromatic carbocycles. The third-order valence-electron chi connectivity index (χ3n) is 7.05. The van der Waals surface area contributed by atoms with Crippen molar-refractivity contribution < 1.29 is 22.7 Å². The van der Waals surface area contributed by atoms with E-state index in [1.165, 1.54) is 49.2 Å². The molecule has 0 bridgehead atoms. The number of benzene rings is 3. The summed E-state index contributed by atoms with van der Waals surface area (Å²) in [7, 11) is -1.10. The van der Waals surface area contributed by atoms with Gasteiger partial charge in [0.2, 0.25) is 15.9 Å². The van der Waals surface area contributed by atoms with Gasteiger partial charge in [-0.15, -0.1) is 0 Å². The Kier molecular flexibility index (Phi) is 8.58. The van der Waals surface area contributed by atoms with E-state index in [0.717, 1.165) is 5.56 Å². The normalized spacial score (nSPS) is 14.7. The van der Waals surface area contributed by atoms with Crippen molar-refractivity contribution in [1.29, 1.82) is 0 Å². The fourth-order valence-corrected chi connectivity index (χ4v) is 5.94. The van der Waals surface area contributed by atoms with Crippen molar-refractivity contribution in [3.63, 3.8) is 0 Å². The van der Waals surface area contributed by atoms with E-state index >= 15 is 0 Å². The summed E-state index contributed by atoms with van der Waals surface area (Å²) in [4.78, 5) is 17.8. The van der Waals surface area contributed by atoms with Crippen LogP contribution < -0.4 is 19.1 Å². The Balaban J connectivity index is 1.54. The number of ether oxygens (including phenoxy) is 2.